The fraction of sp³-hybridized carbons (Fsp3) is 0.625. The van der Waals surface area contributed by atoms with E-state index in [2.05, 4.69) is 13.8 Å². The Morgan fingerprint density at radius 2 is 2.16 bits per heavy atom. The van der Waals surface area contributed by atoms with Crippen molar-refractivity contribution >= 4 is 0 Å². The lowest BCUT2D eigenvalue weighted by Gasteiger charge is -2.39. The molecule has 1 unspecified atom stereocenters. The highest BCUT2D eigenvalue weighted by molar-refractivity contribution is 5.39. The summed E-state index contributed by atoms with van der Waals surface area (Å²) in [5.74, 6) is 0.359. The molecule has 1 heterocycles. The predicted octanol–water partition coefficient (Wildman–Crippen LogP) is 4.34. The van der Waals surface area contributed by atoms with Gasteiger partial charge in [-0.3, -0.25) is 0 Å². The average molecular weight is 265 g/mol. The zero-order chi connectivity index (χ0) is 13.9. The van der Waals surface area contributed by atoms with Gasteiger partial charge in [-0.05, 0) is 25.8 Å². The Labute approximate surface area is 115 Å². The molecule has 2 N–H and O–H groups in total. The number of nitrogens with two attached hydrogens (primary N) is 1. The predicted molar refractivity (Wildman–Crippen MR) is 75.7 cm³/mol. The number of ether oxygens (including phenoxy) is 1. The zero-order valence-corrected chi connectivity index (χ0v) is 11.9. The number of unbranched alkanes of at least 4 members (excludes halogenated alkanes) is 3. The second kappa shape index (κ2) is 5.91. The lowest BCUT2D eigenvalue weighted by atomic mass is 9.85. The second-order valence-electron chi connectivity index (χ2n) is 5.86. The third-order valence-electron chi connectivity index (χ3n) is 3.94. The summed E-state index contributed by atoms with van der Waals surface area (Å²) in [4.78, 5) is 0. The van der Waals surface area contributed by atoms with E-state index < -0.39 is 0 Å². The molecule has 1 aromatic rings. The van der Waals surface area contributed by atoms with Crippen LogP contribution in [0.2, 0.25) is 0 Å². The zero-order valence-electron chi connectivity index (χ0n) is 11.9. The fourth-order valence-corrected chi connectivity index (χ4v) is 2.86. The molecule has 0 bridgehead atoms. The van der Waals surface area contributed by atoms with Gasteiger partial charge in [0.15, 0.2) is 0 Å². The molecule has 2 atom stereocenters. The Morgan fingerprint density at radius 3 is 2.89 bits per heavy atom. The summed E-state index contributed by atoms with van der Waals surface area (Å²) in [5.41, 5.74) is 6.87. The van der Waals surface area contributed by atoms with E-state index in [0.717, 1.165) is 24.8 Å². The van der Waals surface area contributed by atoms with Crippen LogP contribution in [-0.2, 0) is 0 Å². The average Bonchev–Trinajstić information content (AvgIpc) is 2.34. The normalized spacial score (nSPS) is 25.8. The summed E-state index contributed by atoms with van der Waals surface area (Å²) in [5, 5.41) is 0. The van der Waals surface area contributed by atoms with E-state index in [4.69, 9.17) is 10.5 Å². The van der Waals surface area contributed by atoms with E-state index in [9.17, 15) is 4.39 Å². The molecule has 0 aromatic heterocycles. The van der Waals surface area contributed by atoms with E-state index in [-0.39, 0.29) is 17.5 Å². The van der Waals surface area contributed by atoms with Gasteiger partial charge in [-0.25, -0.2) is 4.39 Å². The molecule has 0 spiro atoms. The molecule has 0 saturated heterocycles. The minimum Gasteiger partial charge on any atom is -0.487 e. The van der Waals surface area contributed by atoms with Crippen molar-refractivity contribution in [3.63, 3.8) is 0 Å². The summed E-state index contributed by atoms with van der Waals surface area (Å²) in [7, 11) is 0. The van der Waals surface area contributed by atoms with Gasteiger partial charge in [-0.2, -0.15) is 0 Å². The highest BCUT2D eigenvalue weighted by Crippen LogP contribution is 2.40. The quantitative estimate of drug-likeness (QED) is 0.804. The fourth-order valence-electron chi connectivity index (χ4n) is 2.86. The SMILES string of the molecule is CCCCCCC1(C)C[C@@H](N)c2ccc(F)cc2O1. The standard InChI is InChI=1S/C16H24FNO/c1-3-4-5-6-9-16(2)11-14(18)13-8-7-12(17)10-15(13)19-16/h7-8,10,14H,3-6,9,11,18H2,1-2H3/t14-,16?/m1/s1. The molecule has 1 aliphatic rings. The molecule has 2 nitrogen and oxygen atoms in total. The van der Waals surface area contributed by atoms with E-state index in [1.165, 1.54) is 31.4 Å². The molecule has 106 valence electrons. The van der Waals surface area contributed by atoms with Crippen molar-refractivity contribution in [3.05, 3.63) is 29.6 Å². The molecule has 19 heavy (non-hydrogen) atoms. The molecule has 0 aliphatic carbocycles. The molecular formula is C16H24FNO. The highest BCUT2D eigenvalue weighted by Gasteiger charge is 2.35. The summed E-state index contributed by atoms with van der Waals surface area (Å²) >= 11 is 0. The first-order valence-corrected chi connectivity index (χ1v) is 7.28. The topological polar surface area (TPSA) is 35.2 Å². The minimum absolute atomic E-state index is 0.0551. The van der Waals surface area contributed by atoms with Crippen LogP contribution in [0, 0.1) is 5.82 Å². The lowest BCUT2D eigenvalue weighted by Crippen LogP contribution is -2.40. The van der Waals surface area contributed by atoms with Crippen molar-refractivity contribution in [1.29, 1.82) is 0 Å². The molecule has 3 heteroatoms. The van der Waals surface area contributed by atoms with Crippen LogP contribution in [0.25, 0.3) is 0 Å². The van der Waals surface area contributed by atoms with Gasteiger partial charge in [0.2, 0.25) is 0 Å². The molecule has 1 aliphatic heterocycles. The van der Waals surface area contributed by atoms with Crippen LogP contribution in [-0.4, -0.2) is 5.60 Å². The van der Waals surface area contributed by atoms with Crippen molar-refractivity contribution in [1.82, 2.24) is 0 Å². The number of rotatable bonds is 5. The first kappa shape index (κ1) is 14.3. The molecule has 0 saturated carbocycles. The minimum atomic E-state index is -0.263. The van der Waals surface area contributed by atoms with Crippen LogP contribution in [0.5, 0.6) is 5.75 Å². The first-order chi connectivity index (χ1) is 9.04. The molecule has 1 aromatic carbocycles. The Hall–Kier alpha value is -1.09. The molecule has 2 rings (SSSR count). The van der Waals surface area contributed by atoms with Gasteiger partial charge in [-0.15, -0.1) is 0 Å². The van der Waals surface area contributed by atoms with E-state index in [1.807, 2.05) is 0 Å². The number of halogens is 1. The monoisotopic (exact) mass is 265 g/mol. The molecule has 0 fully saturated rings. The van der Waals surface area contributed by atoms with Crippen LogP contribution < -0.4 is 10.5 Å². The Kier molecular flexibility index (Phi) is 4.46. The number of hydrogen-bond acceptors (Lipinski definition) is 2. The molecule has 0 amide bonds. The van der Waals surface area contributed by atoms with Gasteiger partial charge in [-0.1, -0.05) is 32.3 Å². The Bertz CT molecular complexity index is 435. The summed E-state index contributed by atoms with van der Waals surface area (Å²) in [6, 6.07) is 4.59. The van der Waals surface area contributed by atoms with Gasteiger partial charge in [0.05, 0.1) is 0 Å². The smallest absolute Gasteiger partial charge is 0.127 e. The lowest BCUT2D eigenvalue weighted by molar-refractivity contribution is 0.0426. The van der Waals surface area contributed by atoms with Crippen molar-refractivity contribution in [2.24, 2.45) is 5.73 Å². The van der Waals surface area contributed by atoms with Crippen molar-refractivity contribution in [2.75, 3.05) is 0 Å². The maximum atomic E-state index is 13.3. The van der Waals surface area contributed by atoms with Crippen LogP contribution in [0.3, 0.4) is 0 Å². The van der Waals surface area contributed by atoms with Gasteiger partial charge in [0, 0.05) is 24.1 Å². The second-order valence-corrected chi connectivity index (χ2v) is 5.86. The number of benzene rings is 1. The summed E-state index contributed by atoms with van der Waals surface area (Å²) in [6.45, 7) is 4.29. The number of hydrogen-bond donors (Lipinski definition) is 1. The Balaban J connectivity index is 2.05. The number of fused-ring (bicyclic) bond motifs is 1. The van der Waals surface area contributed by atoms with Crippen LogP contribution in [0.4, 0.5) is 4.39 Å². The highest BCUT2D eigenvalue weighted by atomic mass is 19.1. The van der Waals surface area contributed by atoms with E-state index in [0.29, 0.717) is 5.75 Å². The van der Waals surface area contributed by atoms with Gasteiger partial charge in [0.25, 0.3) is 0 Å². The van der Waals surface area contributed by atoms with Gasteiger partial charge in [0.1, 0.15) is 17.2 Å². The largest absolute Gasteiger partial charge is 0.487 e. The summed E-state index contributed by atoms with van der Waals surface area (Å²) in [6.07, 6.45) is 6.63. The maximum Gasteiger partial charge on any atom is 0.127 e. The van der Waals surface area contributed by atoms with E-state index >= 15 is 0 Å². The van der Waals surface area contributed by atoms with Crippen molar-refractivity contribution in [2.45, 2.75) is 64.0 Å². The first-order valence-electron chi connectivity index (χ1n) is 7.28. The maximum absolute atomic E-state index is 13.3. The summed E-state index contributed by atoms with van der Waals surface area (Å²) < 4.78 is 19.3. The van der Waals surface area contributed by atoms with Gasteiger partial charge >= 0.3 is 0 Å². The Morgan fingerprint density at radius 1 is 1.37 bits per heavy atom. The molecule has 0 radical (unpaired) electrons. The van der Waals surface area contributed by atoms with Crippen LogP contribution in [0.15, 0.2) is 18.2 Å². The molecular weight excluding hydrogens is 241 g/mol. The van der Waals surface area contributed by atoms with Crippen LogP contribution >= 0.6 is 0 Å². The van der Waals surface area contributed by atoms with E-state index in [1.54, 1.807) is 6.07 Å². The van der Waals surface area contributed by atoms with Gasteiger partial charge < -0.3 is 10.5 Å². The van der Waals surface area contributed by atoms with Crippen molar-refractivity contribution < 1.29 is 9.13 Å². The third kappa shape index (κ3) is 3.47. The van der Waals surface area contributed by atoms with Crippen LogP contribution in [0.1, 0.15) is 64.0 Å². The van der Waals surface area contributed by atoms with Crippen molar-refractivity contribution in [3.8, 4) is 5.75 Å². The third-order valence-corrected chi connectivity index (χ3v) is 3.94.